The molecule has 0 aliphatic heterocycles. The quantitative estimate of drug-likeness (QED) is 0.266. The van der Waals surface area contributed by atoms with E-state index in [1.807, 2.05) is 18.3 Å². The zero-order valence-corrected chi connectivity index (χ0v) is 19.9. The Morgan fingerprint density at radius 3 is 1.95 bits per heavy atom. The van der Waals surface area contributed by atoms with Crippen molar-refractivity contribution in [2.75, 3.05) is 0 Å². The molecule has 0 unspecified atom stereocenters. The van der Waals surface area contributed by atoms with Crippen LogP contribution in [0.15, 0.2) is 128 Å². The second kappa shape index (κ2) is 7.67. The van der Waals surface area contributed by atoms with Crippen molar-refractivity contribution in [2.24, 2.45) is 0 Å². The summed E-state index contributed by atoms with van der Waals surface area (Å²) in [4.78, 5) is 10.2. The molecular weight excluding hydrogens is 454 g/mol. The topological polar surface area (TPSA) is 40.0 Å². The van der Waals surface area contributed by atoms with E-state index >= 15 is 0 Å². The van der Waals surface area contributed by atoms with Gasteiger partial charge in [0, 0.05) is 22.8 Å². The Hall–Kier alpha value is -5.16. The van der Waals surface area contributed by atoms with Crippen molar-refractivity contribution in [3.8, 4) is 22.6 Å². The van der Waals surface area contributed by atoms with Crippen molar-refractivity contribution >= 4 is 38.9 Å². The molecule has 4 aromatic heterocycles. The lowest BCUT2D eigenvalue weighted by atomic mass is 10.1. The van der Waals surface area contributed by atoms with Crippen LogP contribution in [-0.4, -0.2) is 23.5 Å². The minimum absolute atomic E-state index is 0.865. The van der Waals surface area contributed by atoms with Crippen LogP contribution in [0.3, 0.4) is 0 Å². The number of aromatic nitrogens is 5. The Bertz CT molecular complexity index is 2060. The van der Waals surface area contributed by atoms with E-state index in [-0.39, 0.29) is 0 Å². The smallest absolute Gasteiger partial charge is 0.221 e. The van der Waals surface area contributed by atoms with Crippen LogP contribution >= 0.6 is 0 Å². The summed E-state index contributed by atoms with van der Waals surface area (Å²) in [6.45, 7) is 0. The molecule has 0 N–H and O–H groups in total. The molecule has 0 amide bonds. The molecule has 0 aliphatic carbocycles. The highest BCUT2D eigenvalue weighted by molar-refractivity contribution is 6.08. The Morgan fingerprint density at radius 1 is 0.514 bits per heavy atom. The van der Waals surface area contributed by atoms with E-state index in [1.165, 1.54) is 0 Å². The summed E-state index contributed by atoms with van der Waals surface area (Å²) in [5, 5.41) is 1.11. The van der Waals surface area contributed by atoms with Gasteiger partial charge in [0.15, 0.2) is 5.65 Å². The highest BCUT2D eigenvalue weighted by Crippen LogP contribution is 2.36. The summed E-state index contributed by atoms with van der Waals surface area (Å²) >= 11 is 0. The van der Waals surface area contributed by atoms with Gasteiger partial charge in [-0.2, -0.15) is 0 Å². The van der Waals surface area contributed by atoms with Crippen LogP contribution in [0.1, 0.15) is 0 Å². The van der Waals surface area contributed by atoms with Gasteiger partial charge in [0.25, 0.3) is 0 Å². The number of benzene rings is 4. The van der Waals surface area contributed by atoms with E-state index in [4.69, 9.17) is 9.97 Å². The molecule has 0 bridgehead atoms. The van der Waals surface area contributed by atoms with Gasteiger partial charge in [0.1, 0.15) is 11.3 Å². The van der Waals surface area contributed by atoms with Gasteiger partial charge in [-0.15, -0.1) is 0 Å². The molecule has 4 aromatic carbocycles. The summed E-state index contributed by atoms with van der Waals surface area (Å²) in [6.07, 6.45) is 1.96. The van der Waals surface area contributed by atoms with Gasteiger partial charge in [0.05, 0.1) is 16.6 Å². The zero-order chi connectivity index (χ0) is 24.3. The van der Waals surface area contributed by atoms with Gasteiger partial charge in [-0.05, 0) is 48.0 Å². The molecule has 0 spiro atoms. The van der Waals surface area contributed by atoms with Gasteiger partial charge in [0.2, 0.25) is 5.78 Å². The highest BCUT2D eigenvalue weighted by Gasteiger charge is 2.23. The van der Waals surface area contributed by atoms with Crippen LogP contribution in [0, 0.1) is 0 Å². The normalized spacial score (nSPS) is 11.8. The summed E-state index contributed by atoms with van der Waals surface area (Å²) in [5.74, 6) is 1.75. The van der Waals surface area contributed by atoms with E-state index in [9.17, 15) is 0 Å². The second-order valence-electron chi connectivity index (χ2n) is 9.20. The third-order valence-corrected chi connectivity index (χ3v) is 7.11. The maximum Gasteiger partial charge on any atom is 0.221 e. The van der Waals surface area contributed by atoms with E-state index in [1.54, 1.807) is 0 Å². The van der Waals surface area contributed by atoms with E-state index in [0.29, 0.717) is 0 Å². The number of fused-ring (bicyclic) bond motifs is 7. The molecule has 37 heavy (non-hydrogen) atoms. The number of hydrogen-bond donors (Lipinski definition) is 0. The van der Waals surface area contributed by atoms with E-state index in [2.05, 4.69) is 123 Å². The molecule has 8 rings (SSSR count). The first-order valence-electron chi connectivity index (χ1n) is 12.4. The molecule has 5 heteroatoms. The van der Waals surface area contributed by atoms with E-state index in [0.717, 1.165) is 61.5 Å². The second-order valence-corrected chi connectivity index (χ2v) is 9.20. The molecule has 174 valence electrons. The minimum atomic E-state index is 0.865. The molecule has 0 saturated heterocycles. The average Bonchev–Trinajstić information content (AvgIpc) is 3.60. The van der Waals surface area contributed by atoms with Gasteiger partial charge < -0.3 is 0 Å². The third-order valence-electron chi connectivity index (χ3n) is 7.11. The highest BCUT2D eigenvalue weighted by atomic mass is 15.3. The minimum Gasteiger partial charge on any atom is -0.278 e. The van der Waals surface area contributed by atoms with Crippen LogP contribution in [0.25, 0.3) is 61.5 Å². The third kappa shape index (κ3) is 2.85. The monoisotopic (exact) mass is 475 g/mol. The fraction of sp³-hybridized carbons (Fsp3) is 0. The standard InChI is InChI=1S/C32H21N5/c1-3-11-22(12-4-1)23-19-20-29(33-21-23)36-26-16-8-7-15-25(26)30-31(36)37-28-18-10-9-17-27(28)35(32(37)34-30)24-13-5-2-6-14-24/h1-21H. The number of pyridine rings is 1. The number of hydrogen-bond acceptors (Lipinski definition) is 2. The summed E-state index contributed by atoms with van der Waals surface area (Å²) in [7, 11) is 0. The predicted molar refractivity (Wildman–Crippen MR) is 150 cm³/mol. The summed E-state index contributed by atoms with van der Waals surface area (Å²) in [5.41, 5.74) is 8.62. The Labute approximate surface area is 212 Å². The first-order valence-corrected chi connectivity index (χ1v) is 12.4. The van der Waals surface area contributed by atoms with Gasteiger partial charge in [-0.1, -0.05) is 78.9 Å². The van der Waals surface area contributed by atoms with Crippen LogP contribution < -0.4 is 0 Å². The fourth-order valence-corrected chi connectivity index (χ4v) is 5.48. The van der Waals surface area contributed by atoms with Crippen molar-refractivity contribution in [1.29, 1.82) is 0 Å². The lowest BCUT2D eigenvalue weighted by Crippen LogP contribution is -2.00. The number of rotatable bonds is 3. The predicted octanol–water partition coefficient (Wildman–Crippen LogP) is 7.44. The number of para-hydroxylation sites is 4. The molecule has 4 heterocycles. The van der Waals surface area contributed by atoms with Crippen LogP contribution in [0.2, 0.25) is 0 Å². The van der Waals surface area contributed by atoms with Crippen molar-refractivity contribution < 1.29 is 0 Å². The molecule has 5 nitrogen and oxygen atoms in total. The Morgan fingerprint density at radius 2 is 1.19 bits per heavy atom. The van der Waals surface area contributed by atoms with E-state index < -0.39 is 0 Å². The molecule has 0 saturated carbocycles. The molecular formula is C32H21N5. The number of nitrogens with zero attached hydrogens (tertiary/aromatic N) is 5. The van der Waals surface area contributed by atoms with Crippen molar-refractivity contribution in [1.82, 2.24) is 23.5 Å². The van der Waals surface area contributed by atoms with Gasteiger partial charge in [-0.3, -0.25) is 13.5 Å². The molecule has 0 atom stereocenters. The van der Waals surface area contributed by atoms with Gasteiger partial charge >= 0.3 is 0 Å². The summed E-state index contributed by atoms with van der Waals surface area (Å²) < 4.78 is 6.74. The Balaban J connectivity index is 1.48. The molecule has 0 aliphatic rings. The average molecular weight is 476 g/mol. The van der Waals surface area contributed by atoms with Gasteiger partial charge in [-0.25, -0.2) is 9.97 Å². The fourth-order valence-electron chi connectivity index (χ4n) is 5.48. The lowest BCUT2D eigenvalue weighted by Gasteiger charge is -2.08. The van der Waals surface area contributed by atoms with Crippen LogP contribution in [0.5, 0.6) is 0 Å². The summed E-state index contributed by atoms with van der Waals surface area (Å²) in [6, 6.07) is 42.0. The molecule has 0 radical (unpaired) electrons. The lowest BCUT2D eigenvalue weighted by molar-refractivity contribution is 1.04. The molecule has 8 aromatic rings. The maximum absolute atomic E-state index is 5.25. The SMILES string of the molecule is c1ccc(-c2ccc(-n3c4ccccc4c4nc5n(-c6ccccc6)c6ccccc6n5c43)nc2)cc1. The largest absolute Gasteiger partial charge is 0.278 e. The van der Waals surface area contributed by atoms with Crippen molar-refractivity contribution in [3.05, 3.63) is 128 Å². The van der Waals surface area contributed by atoms with Crippen molar-refractivity contribution in [2.45, 2.75) is 0 Å². The first-order chi connectivity index (χ1) is 18.4. The van der Waals surface area contributed by atoms with Crippen LogP contribution in [0.4, 0.5) is 0 Å². The first kappa shape index (κ1) is 20.1. The zero-order valence-electron chi connectivity index (χ0n) is 19.9. The maximum atomic E-state index is 5.25. The number of imidazole rings is 2. The molecule has 0 fully saturated rings. The van der Waals surface area contributed by atoms with Crippen LogP contribution in [-0.2, 0) is 0 Å². The van der Waals surface area contributed by atoms with Crippen molar-refractivity contribution in [3.63, 3.8) is 0 Å². The Kier molecular flexibility index (Phi) is 4.16.